The summed E-state index contributed by atoms with van der Waals surface area (Å²) in [5.41, 5.74) is 1.12. The van der Waals surface area contributed by atoms with Gasteiger partial charge < -0.3 is 49.6 Å². The van der Waals surface area contributed by atoms with E-state index >= 15 is 0 Å². The number of fused-ring (bicyclic) bond motifs is 1. The first kappa shape index (κ1) is 25.1. The molecular weight excluding hydrogens is 375 g/mol. The van der Waals surface area contributed by atoms with Gasteiger partial charge in [0.1, 0.15) is 0 Å². The summed E-state index contributed by atoms with van der Waals surface area (Å²) < 4.78 is 1.28. The van der Waals surface area contributed by atoms with E-state index in [-0.39, 0.29) is 75.8 Å². The van der Waals surface area contributed by atoms with Crippen LogP contribution in [0.1, 0.15) is 5.01 Å². The Bertz CT molecular complexity index is 335. The van der Waals surface area contributed by atoms with Crippen molar-refractivity contribution < 1.29 is 75.8 Å². The molecule has 0 aliphatic heterocycles. The molecule has 1 aromatic heterocycles. The van der Waals surface area contributed by atoms with Crippen LogP contribution in [0.5, 0.6) is 0 Å². The first-order chi connectivity index (χ1) is 4.86. The summed E-state index contributed by atoms with van der Waals surface area (Å²) in [5.74, 6) is 0. The minimum absolute atomic E-state index is 0. The second-order valence-corrected chi connectivity index (χ2v) is 3.44. The molecule has 0 amide bonds. The van der Waals surface area contributed by atoms with Gasteiger partial charge in [-0.05, 0) is 19.1 Å². The number of halogens is 4. The van der Waals surface area contributed by atoms with Crippen molar-refractivity contribution in [1.82, 2.24) is 4.98 Å². The number of rotatable bonds is 0. The summed E-state index contributed by atoms with van der Waals surface area (Å²) in [4.78, 5) is 4.33. The van der Waals surface area contributed by atoms with Crippen molar-refractivity contribution in [3.63, 3.8) is 0 Å². The quantitative estimate of drug-likeness (QED) is 0.441. The molecule has 0 N–H and O–H groups in total. The summed E-state index contributed by atoms with van der Waals surface area (Å²) >= 11 is 1.74. The fraction of sp³-hybridized carbons (Fsp3) is 0.125. The standard InChI is InChI=1S/C8H7NS.4ClH.Zr/c1-6-9-7-4-2-3-5-8(7)10-6;;;;;/h2-5H,1H3;4*1H;/q;;;;;+4/p-4. The van der Waals surface area contributed by atoms with Crippen molar-refractivity contribution in [1.29, 1.82) is 0 Å². The summed E-state index contributed by atoms with van der Waals surface area (Å²) in [6, 6.07) is 8.19. The monoisotopic (exact) mass is 379 g/mol. The summed E-state index contributed by atoms with van der Waals surface area (Å²) in [5, 5.41) is 1.14. The predicted octanol–water partition coefficient (Wildman–Crippen LogP) is -9.38. The Labute approximate surface area is 137 Å². The zero-order chi connectivity index (χ0) is 6.97. The van der Waals surface area contributed by atoms with Crippen LogP contribution in [-0.2, 0) is 26.2 Å². The number of nitrogens with zero attached hydrogens (tertiary/aromatic N) is 1. The molecule has 2 aromatic rings. The molecule has 0 aliphatic rings. The Kier molecular flexibility index (Phi) is 19.5. The van der Waals surface area contributed by atoms with Gasteiger partial charge in [0.2, 0.25) is 0 Å². The Hall–Kier alpha value is 1.15. The molecule has 0 fully saturated rings. The topological polar surface area (TPSA) is 12.9 Å². The fourth-order valence-electron chi connectivity index (χ4n) is 0.987. The molecule has 15 heavy (non-hydrogen) atoms. The first-order valence-corrected chi connectivity index (χ1v) is 4.00. The second-order valence-electron chi connectivity index (χ2n) is 2.20. The van der Waals surface area contributed by atoms with Crippen LogP contribution < -0.4 is 49.6 Å². The zero-order valence-electron chi connectivity index (χ0n) is 7.68. The third-order valence-corrected chi connectivity index (χ3v) is 2.35. The third kappa shape index (κ3) is 6.45. The van der Waals surface area contributed by atoms with Gasteiger partial charge in [-0.1, -0.05) is 12.1 Å². The van der Waals surface area contributed by atoms with E-state index < -0.39 is 0 Å². The second kappa shape index (κ2) is 11.6. The van der Waals surface area contributed by atoms with Gasteiger partial charge >= 0.3 is 26.2 Å². The molecule has 1 nitrogen and oxygen atoms in total. The largest absolute Gasteiger partial charge is 4.00 e. The number of hydrogen-bond acceptors (Lipinski definition) is 2. The predicted molar refractivity (Wildman–Crippen MR) is 44.4 cm³/mol. The van der Waals surface area contributed by atoms with E-state index in [9.17, 15) is 0 Å². The van der Waals surface area contributed by atoms with Gasteiger partial charge in [0, 0.05) is 0 Å². The van der Waals surface area contributed by atoms with Gasteiger partial charge in [0.15, 0.2) is 0 Å². The van der Waals surface area contributed by atoms with Crippen molar-refractivity contribution in [3.05, 3.63) is 29.3 Å². The van der Waals surface area contributed by atoms with Crippen LogP contribution in [0, 0.1) is 6.92 Å². The molecule has 0 saturated carbocycles. The van der Waals surface area contributed by atoms with E-state index in [2.05, 4.69) is 11.1 Å². The van der Waals surface area contributed by atoms with Crippen molar-refractivity contribution in [2.24, 2.45) is 0 Å². The average molecular weight is 382 g/mol. The van der Waals surface area contributed by atoms with Crippen molar-refractivity contribution in [3.8, 4) is 0 Å². The normalized spacial score (nSPS) is 7.00. The molecule has 0 saturated heterocycles. The van der Waals surface area contributed by atoms with Crippen LogP contribution in [0.3, 0.4) is 0 Å². The van der Waals surface area contributed by atoms with Crippen molar-refractivity contribution in [2.75, 3.05) is 0 Å². The molecule has 2 rings (SSSR count). The molecule has 7 heteroatoms. The maximum absolute atomic E-state index is 4.33. The van der Waals surface area contributed by atoms with Crippen LogP contribution in [0.25, 0.3) is 10.2 Å². The van der Waals surface area contributed by atoms with E-state index in [0.717, 1.165) is 10.5 Å². The number of thiazole rings is 1. The SMILES string of the molecule is Cc1nc2ccccc2s1.[Cl-].[Cl-].[Cl-].[Cl-].[Zr+4]. The maximum Gasteiger partial charge on any atom is 4.00 e. The minimum Gasteiger partial charge on any atom is -1.00 e. The minimum atomic E-state index is 0. The Morgan fingerprint density at radius 2 is 1.53 bits per heavy atom. The summed E-state index contributed by atoms with van der Waals surface area (Å²) in [6.07, 6.45) is 0. The maximum atomic E-state index is 4.33. The molecular formula is C8H7Cl4NSZr. The number of hydrogen-bond donors (Lipinski definition) is 0. The van der Waals surface area contributed by atoms with Crippen LogP contribution in [0.4, 0.5) is 0 Å². The number of aryl methyl sites for hydroxylation is 1. The molecule has 0 spiro atoms. The van der Waals surface area contributed by atoms with Crippen molar-refractivity contribution in [2.45, 2.75) is 6.92 Å². The summed E-state index contributed by atoms with van der Waals surface area (Å²) in [6.45, 7) is 2.03. The van der Waals surface area contributed by atoms with E-state index in [1.807, 2.05) is 25.1 Å². The third-order valence-electron chi connectivity index (χ3n) is 1.40. The molecule has 0 atom stereocenters. The van der Waals surface area contributed by atoms with Gasteiger partial charge in [-0.3, -0.25) is 0 Å². The van der Waals surface area contributed by atoms with Gasteiger partial charge in [-0.2, -0.15) is 0 Å². The smallest absolute Gasteiger partial charge is 1.00 e. The summed E-state index contributed by atoms with van der Waals surface area (Å²) in [7, 11) is 0. The van der Waals surface area contributed by atoms with Crippen LogP contribution in [0.15, 0.2) is 24.3 Å². The first-order valence-electron chi connectivity index (χ1n) is 3.18. The van der Waals surface area contributed by atoms with Crippen LogP contribution >= 0.6 is 11.3 Å². The van der Waals surface area contributed by atoms with Gasteiger partial charge in [-0.25, -0.2) is 4.98 Å². The number of aromatic nitrogens is 1. The number of para-hydroxylation sites is 1. The number of benzene rings is 1. The van der Waals surface area contributed by atoms with E-state index in [4.69, 9.17) is 0 Å². The Morgan fingerprint density at radius 1 is 1.00 bits per heavy atom. The van der Waals surface area contributed by atoms with E-state index in [0.29, 0.717) is 0 Å². The molecule has 0 bridgehead atoms. The van der Waals surface area contributed by atoms with Gasteiger partial charge in [0.25, 0.3) is 0 Å². The molecule has 1 heterocycles. The van der Waals surface area contributed by atoms with Gasteiger partial charge in [-0.15, -0.1) is 11.3 Å². The molecule has 0 aliphatic carbocycles. The van der Waals surface area contributed by atoms with Crippen molar-refractivity contribution >= 4 is 21.6 Å². The molecule has 0 radical (unpaired) electrons. The molecule has 0 unspecified atom stereocenters. The Balaban J connectivity index is -0.000000121. The van der Waals surface area contributed by atoms with E-state index in [1.165, 1.54) is 4.70 Å². The molecule has 82 valence electrons. The fourth-order valence-corrected chi connectivity index (χ4v) is 1.81. The zero-order valence-corrected chi connectivity index (χ0v) is 14.0. The van der Waals surface area contributed by atoms with Gasteiger partial charge in [0.05, 0.1) is 15.2 Å². The Morgan fingerprint density at radius 3 is 2.07 bits per heavy atom. The molecule has 1 aromatic carbocycles. The van der Waals surface area contributed by atoms with Crippen LogP contribution in [0.2, 0.25) is 0 Å². The van der Waals surface area contributed by atoms with E-state index in [1.54, 1.807) is 11.3 Å². The average Bonchev–Trinajstić information content (AvgIpc) is 2.27. The van der Waals surface area contributed by atoms with Crippen LogP contribution in [-0.4, -0.2) is 4.98 Å².